The Labute approximate surface area is 165 Å². The van der Waals surface area contributed by atoms with Crippen molar-refractivity contribution >= 4 is 22.9 Å². The molecule has 27 heavy (non-hydrogen) atoms. The number of benzene rings is 1. The van der Waals surface area contributed by atoms with Gasteiger partial charge in [-0.1, -0.05) is 25.0 Å². The summed E-state index contributed by atoms with van der Waals surface area (Å²) in [5, 5.41) is 8.77. The van der Waals surface area contributed by atoms with Crippen LogP contribution in [0, 0.1) is 11.3 Å². The van der Waals surface area contributed by atoms with Crippen molar-refractivity contribution in [3.63, 3.8) is 0 Å². The van der Waals surface area contributed by atoms with Crippen LogP contribution in [0.2, 0.25) is 0 Å². The van der Waals surface area contributed by atoms with Gasteiger partial charge in [0.05, 0.1) is 16.6 Å². The van der Waals surface area contributed by atoms with Crippen molar-refractivity contribution in [1.82, 2.24) is 15.2 Å². The number of rotatable bonds is 6. The van der Waals surface area contributed by atoms with E-state index < -0.39 is 0 Å². The number of fused-ring (bicyclic) bond motifs is 1. The van der Waals surface area contributed by atoms with E-state index in [4.69, 9.17) is 0 Å². The zero-order valence-corrected chi connectivity index (χ0v) is 16.7. The van der Waals surface area contributed by atoms with Gasteiger partial charge in [0.25, 0.3) is 0 Å². The standard InChI is InChI=1S/C21H28N4OS/c1-25(12-19-13-27-15-23-19)11-16-5-4-7-18(9-16)24-20(26)21-8-3-2-6-17(21)10-22-14-21/h4-5,7,9,13,15,17,22H,2-3,6,8,10-12,14H2,1H3,(H,24,26)/t17-,21+/m0/s1. The van der Waals surface area contributed by atoms with Gasteiger partial charge in [-0.2, -0.15) is 0 Å². The van der Waals surface area contributed by atoms with Crippen LogP contribution in [0.1, 0.15) is 36.9 Å². The van der Waals surface area contributed by atoms with Crippen molar-refractivity contribution < 1.29 is 4.79 Å². The molecule has 4 rings (SSSR count). The van der Waals surface area contributed by atoms with Crippen molar-refractivity contribution in [2.75, 3.05) is 25.5 Å². The summed E-state index contributed by atoms with van der Waals surface area (Å²) in [6.07, 6.45) is 4.59. The zero-order valence-electron chi connectivity index (χ0n) is 15.9. The normalized spacial score (nSPS) is 24.7. The molecule has 1 saturated carbocycles. The Hall–Kier alpha value is -1.76. The molecular weight excluding hydrogens is 356 g/mol. The van der Waals surface area contributed by atoms with E-state index in [9.17, 15) is 4.79 Å². The topological polar surface area (TPSA) is 57.3 Å². The highest BCUT2D eigenvalue weighted by Gasteiger charge is 2.49. The summed E-state index contributed by atoms with van der Waals surface area (Å²) in [4.78, 5) is 19.7. The molecule has 1 aliphatic heterocycles. The second-order valence-corrected chi connectivity index (χ2v) is 8.76. The quantitative estimate of drug-likeness (QED) is 0.800. The van der Waals surface area contributed by atoms with Crippen LogP contribution in [0.3, 0.4) is 0 Å². The van der Waals surface area contributed by atoms with Crippen molar-refractivity contribution in [2.45, 2.75) is 38.8 Å². The molecule has 2 N–H and O–H groups in total. The number of nitrogens with one attached hydrogen (secondary N) is 2. The Morgan fingerprint density at radius 1 is 1.41 bits per heavy atom. The fourth-order valence-electron chi connectivity index (χ4n) is 4.65. The number of hydrogen-bond donors (Lipinski definition) is 2. The molecule has 0 bridgehead atoms. The molecule has 2 aromatic rings. The lowest BCUT2D eigenvalue weighted by Gasteiger charge is -2.37. The molecule has 1 amide bonds. The third-order valence-electron chi connectivity index (χ3n) is 6.04. The first kappa shape index (κ1) is 18.6. The number of anilines is 1. The van der Waals surface area contributed by atoms with Gasteiger partial charge in [0.1, 0.15) is 0 Å². The maximum Gasteiger partial charge on any atom is 0.232 e. The van der Waals surface area contributed by atoms with Gasteiger partial charge in [0.2, 0.25) is 5.91 Å². The molecule has 6 heteroatoms. The van der Waals surface area contributed by atoms with Crippen LogP contribution < -0.4 is 10.6 Å². The lowest BCUT2D eigenvalue weighted by Crippen LogP contribution is -2.44. The van der Waals surface area contributed by atoms with Gasteiger partial charge in [-0.15, -0.1) is 11.3 Å². The lowest BCUT2D eigenvalue weighted by molar-refractivity contribution is -0.128. The van der Waals surface area contributed by atoms with Gasteiger partial charge in [0, 0.05) is 30.7 Å². The van der Waals surface area contributed by atoms with Crippen molar-refractivity contribution in [3.05, 3.63) is 46.4 Å². The second kappa shape index (κ2) is 8.09. The molecular formula is C21H28N4OS. The fourth-order valence-corrected chi connectivity index (χ4v) is 5.20. The molecule has 1 aliphatic carbocycles. The molecule has 0 radical (unpaired) electrons. The average molecular weight is 385 g/mol. The van der Waals surface area contributed by atoms with Gasteiger partial charge >= 0.3 is 0 Å². The van der Waals surface area contributed by atoms with Gasteiger partial charge in [-0.05, 0) is 50.0 Å². The van der Waals surface area contributed by atoms with Crippen LogP contribution in [-0.4, -0.2) is 35.9 Å². The van der Waals surface area contributed by atoms with Gasteiger partial charge < -0.3 is 10.6 Å². The Morgan fingerprint density at radius 3 is 3.19 bits per heavy atom. The molecule has 1 aromatic carbocycles. The second-order valence-electron chi connectivity index (χ2n) is 8.04. The van der Waals surface area contributed by atoms with Gasteiger partial charge in [-0.3, -0.25) is 9.69 Å². The van der Waals surface area contributed by atoms with Gasteiger partial charge in [-0.25, -0.2) is 4.98 Å². The summed E-state index contributed by atoms with van der Waals surface area (Å²) in [5.41, 5.74) is 4.87. The predicted octanol–water partition coefficient (Wildman–Crippen LogP) is 3.49. The number of thiazole rings is 1. The first-order valence-corrected chi connectivity index (χ1v) is 10.8. The van der Waals surface area contributed by atoms with E-state index in [1.54, 1.807) is 11.3 Å². The molecule has 1 aromatic heterocycles. The van der Waals surface area contributed by atoms with E-state index in [2.05, 4.69) is 45.1 Å². The highest BCUT2D eigenvalue weighted by Crippen LogP contribution is 2.44. The number of hydrogen-bond acceptors (Lipinski definition) is 5. The number of aromatic nitrogens is 1. The van der Waals surface area contributed by atoms with Crippen LogP contribution in [0.5, 0.6) is 0 Å². The number of amides is 1. The Kier molecular flexibility index (Phi) is 5.57. The molecule has 0 spiro atoms. The van der Waals surface area contributed by atoms with E-state index in [1.807, 2.05) is 17.6 Å². The van der Waals surface area contributed by atoms with E-state index in [-0.39, 0.29) is 11.3 Å². The van der Waals surface area contributed by atoms with E-state index in [1.165, 1.54) is 18.4 Å². The summed E-state index contributed by atoms with van der Waals surface area (Å²) in [5.74, 6) is 0.684. The fraction of sp³-hybridized carbons (Fsp3) is 0.524. The molecule has 2 heterocycles. The van der Waals surface area contributed by atoms with Crippen molar-refractivity contribution in [1.29, 1.82) is 0 Å². The van der Waals surface area contributed by atoms with E-state index in [0.717, 1.165) is 50.4 Å². The van der Waals surface area contributed by atoms with Crippen molar-refractivity contribution in [2.24, 2.45) is 11.3 Å². The largest absolute Gasteiger partial charge is 0.326 e. The highest BCUT2D eigenvalue weighted by atomic mass is 32.1. The number of carbonyl (C=O) groups excluding carboxylic acids is 1. The summed E-state index contributed by atoms with van der Waals surface area (Å²) in [7, 11) is 2.10. The minimum absolute atomic E-state index is 0.199. The molecule has 0 unspecified atom stereocenters. The first-order chi connectivity index (χ1) is 13.2. The third kappa shape index (κ3) is 4.08. The summed E-state index contributed by atoms with van der Waals surface area (Å²) < 4.78 is 0. The van der Waals surface area contributed by atoms with Gasteiger partial charge in [0.15, 0.2) is 0 Å². The van der Waals surface area contributed by atoms with Crippen LogP contribution in [-0.2, 0) is 17.9 Å². The molecule has 1 saturated heterocycles. The molecule has 2 aliphatic rings. The summed E-state index contributed by atoms with van der Waals surface area (Å²) >= 11 is 1.63. The highest BCUT2D eigenvalue weighted by molar-refractivity contribution is 7.07. The maximum atomic E-state index is 13.1. The Bertz CT molecular complexity index is 778. The average Bonchev–Trinajstić information content (AvgIpc) is 3.31. The lowest BCUT2D eigenvalue weighted by atomic mass is 9.67. The summed E-state index contributed by atoms with van der Waals surface area (Å²) in [6, 6.07) is 8.25. The third-order valence-corrected chi connectivity index (χ3v) is 6.68. The first-order valence-electron chi connectivity index (χ1n) is 9.82. The molecule has 2 atom stereocenters. The van der Waals surface area contributed by atoms with Crippen LogP contribution >= 0.6 is 11.3 Å². The van der Waals surface area contributed by atoms with Crippen LogP contribution in [0.4, 0.5) is 5.69 Å². The van der Waals surface area contributed by atoms with Crippen LogP contribution in [0.25, 0.3) is 0 Å². The minimum atomic E-state index is -0.213. The zero-order chi connectivity index (χ0) is 18.7. The maximum absolute atomic E-state index is 13.1. The van der Waals surface area contributed by atoms with Crippen LogP contribution in [0.15, 0.2) is 35.2 Å². The molecule has 144 valence electrons. The summed E-state index contributed by atoms with van der Waals surface area (Å²) in [6.45, 7) is 3.46. The molecule has 5 nitrogen and oxygen atoms in total. The molecule has 2 fully saturated rings. The predicted molar refractivity (Wildman–Crippen MR) is 110 cm³/mol. The SMILES string of the molecule is CN(Cc1cccc(NC(=O)[C@@]23CCCC[C@H]2CNC3)c1)Cc1cscn1. The van der Waals surface area contributed by atoms with E-state index in [0.29, 0.717) is 5.92 Å². The Morgan fingerprint density at radius 2 is 2.33 bits per heavy atom. The Balaban J connectivity index is 1.41. The van der Waals surface area contributed by atoms with Crippen molar-refractivity contribution in [3.8, 4) is 0 Å². The number of nitrogens with zero attached hydrogens (tertiary/aromatic N) is 2. The smallest absolute Gasteiger partial charge is 0.232 e. The minimum Gasteiger partial charge on any atom is -0.326 e. The monoisotopic (exact) mass is 384 g/mol. The number of carbonyl (C=O) groups is 1. The van der Waals surface area contributed by atoms with E-state index >= 15 is 0 Å².